The Morgan fingerprint density at radius 1 is 1.22 bits per heavy atom. The normalized spacial score (nSPS) is 10.8. The first kappa shape index (κ1) is 20.3. The van der Waals surface area contributed by atoms with Gasteiger partial charge in [-0.3, -0.25) is 4.79 Å². The first-order valence-corrected chi connectivity index (χ1v) is 8.64. The molecule has 2 nitrogen and oxygen atoms in total. The van der Waals surface area contributed by atoms with Gasteiger partial charge >= 0.3 is 18.9 Å². The van der Waals surface area contributed by atoms with Crippen LogP contribution in [0.5, 0.6) is 5.75 Å². The summed E-state index contributed by atoms with van der Waals surface area (Å²) in [5.41, 5.74) is 1.61. The van der Waals surface area contributed by atoms with Gasteiger partial charge in [-0.25, -0.2) is 0 Å². The number of benzene rings is 2. The van der Waals surface area contributed by atoms with Gasteiger partial charge in [-0.1, -0.05) is 49.7 Å². The maximum Gasteiger partial charge on any atom is 1.00 e. The second-order valence-corrected chi connectivity index (χ2v) is 7.30. The van der Waals surface area contributed by atoms with E-state index >= 15 is 0 Å². The van der Waals surface area contributed by atoms with E-state index in [-0.39, 0.29) is 34.4 Å². The van der Waals surface area contributed by atoms with E-state index in [4.69, 9.17) is 16.3 Å². The average Bonchev–Trinajstić information content (AvgIpc) is 2.46. The van der Waals surface area contributed by atoms with E-state index in [2.05, 4.69) is 13.8 Å². The molecule has 2 aromatic rings. The number of hydrogen-bond acceptors (Lipinski definition) is 2. The monoisotopic (exact) mass is 342 g/mol. The van der Waals surface area contributed by atoms with Crippen molar-refractivity contribution in [1.82, 2.24) is 0 Å². The maximum atomic E-state index is 12.5. The molecule has 0 saturated heterocycles. The van der Waals surface area contributed by atoms with Crippen LogP contribution in [0.4, 0.5) is 0 Å². The molecular weight excluding hydrogens is 322 g/mol. The number of halogens is 1. The Kier molecular flexibility index (Phi) is 8.38. The standard InChI is InChI=1S/C18H20ClO2P.Li.H/c1-12(2)11-21-14-7-9-15(10-8-14)22-18(20)17-13(3)5-4-6-16(17)19;;/h4-10,12,22H,11H2,1-3H3;;/q;+1;-1. The largest absolute Gasteiger partial charge is 1.00 e. The number of carbonyl (C=O) groups excluding carboxylic acids is 1. The van der Waals surface area contributed by atoms with Crippen LogP contribution in [0.2, 0.25) is 5.02 Å². The van der Waals surface area contributed by atoms with Gasteiger partial charge in [0.2, 0.25) is 0 Å². The van der Waals surface area contributed by atoms with E-state index in [0.29, 0.717) is 23.1 Å². The zero-order valence-corrected chi connectivity index (χ0v) is 15.8. The SMILES string of the molecule is Cc1cccc(Cl)c1C(=O)Pc1ccc(OCC(C)C)cc1.[H-].[Li+]. The Hall–Kier alpha value is -0.773. The van der Waals surface area contributed by atoms with Gasteiger partial charge in [0.1, 0.15) is 5.75 Å². The van der Waals surface area contributed by atoms with E-state index in [1.807, 2.05) is 43.3 Å². The average molecular weight is 343 g/mol. The van der Waals surface area contributed by atoms with Crippen molar-refractivity contribution in [3.63, 3.8) is 0 Å². The molecule has 2 rings (SSSR count). The fraction of sp³-hybridized carbons (Fsp3) is 0.278. The van der Waals surface area contributed by atoms with Crippen molar-refractivity contribution >= 4 is 31.0 Å². The molecule has 0 saturated carbocycles. The minimum absolute atomic E-state index is 0. The van der Waals surface area contributed by atoms with E-state index in [1.165, 1.54) is 0 Å². The van der Waals surface area contributed by atoms with Crippen molar-refractivity contribution in [2.75, 3.05) is 6.61 Å². The quantitative estimate of drug-likeness (QED) is 0.592. The molecule has 1 unspecified atom stereocenters. The van der Waals surface area contributed by atoms with Crippen molar-refractivity contribution < 1.29 is 29.8 Å². The zero-order valence-electron chi connectivity index (χ0n) is 15.0. The van der Waals surface area contributed by atoms with Crippen LogP contribution in [0.25, 0.3) is 0 Å². The first-order valence-electron chi connectivity index (χ1n) is 7.26. The third-order valence-corrected chi connectivity index (χ3v) is 4.56. The van der Waals surface area contributed by atoms with Crippen molar-refractivity contribution in [3.05, 3.63) is 58.6 Å². The summed E-state index contributed by atoms with van der Waals surface area (Å²) in [5, 5.41) is 1.51. The van der Waals surface area contributed by atoms with Gasteiger partial charge in [0.25, 0.3) is 0 Å². The van der Waals surface area contributed by atoms with Crippen molar-refractivity contribution in [1.29, 1.82) is 0 Å². The minimum atomic E-state index is 0. The van der Waals surface area contributed by atoms with Gasteiger partial charge in [-0.05, 0) is 50.5 Å². The third-order valence-electron chi connectivity index (χ3n) is 3.14. The molecule has 0 fully saturated rings. The second kappa shape index (κ2) is 9.51. The summed E-state index contributed by atoms with van der Waals surface area (Å²) >= 11 is 6.15. The molecule has 118 valence electrons. The number of hydrogen-bond donors (Lipinski definition) is 0. The molecule has 0 bridgehead atoms. The Morgan fingerprint density at radius 3 is 2.43 bits per heavy atom. The summed E-state index contributed by atoms with van der Waals surface area (Å²) in [4.78, 5) is 12.5. The fourth-order valence-electron chi connectivity index (χ4n) is 2.01. The molecule has 0 heterocycles. The predicted molar refractivity (Wildman–Crippen MR) is 96.4 cm³/mol. The molecule has 23 heavy (non-hydrogen) atoms. The smallest absolute Gasteiger partial charge is 1.00 e. The van der Waals surface area contributed by atoms with Gasteiger partial charge in [-0.2, -0.15) is 0 Å². The van der Waals surface area contributed by atoms with Crippen LogP contribution in [0, 0.1) is 12.8 Å². The van der Waals surface area contributed by atoms with E-state index in [9.17, 15) is 4.79 Å². The topological polar surface area (TPSA) is 26.3 Å². The summed E-state index contributed by atoms with van der Waals surface area (Å²) in [5.74, 6) is 1.33. The number of rotatable bonds is 6. The molecule has 0 N–H and O–H groups in total. The molecule has 1 atom stereocenters. The van der Waals surface area contributed by atoms with E-state index in [0.717, 1.165) is 16.6 Å². The number of aryl methyl sites for hydroxylation is 1. The molecule has 0 spiro atoms. The Labute approximate surface area is 158 Å². The van der Waals surface area contributed by atoms with Crippen LogP contribution in [0.1, 0.15) is 31.2 Å². The third kappa shape index (κ3) is 5.98. The van der Waals surface area contributed by atoms with Crippen LogP contribution in [-0.2, 0) is 0 Å². The fourth-order valence-corrected chi connectivity index (χ4v) is 3.45. The van der Waals surface area contributed by atoms with Crippen LogP contribution in [-0.4, -0.2) is 12.1 Å². The van der Waals surface area contributed by atoms with Crippen LogP contribution < -0.4 is 28.9 Å². The molecule has 2 aromatic carbocycles. The Bertz CT molecular complexity index is 642. The Morgan fingerprint density at radius 2 is 1.87 bits per heavy atom. The van der Waals surface area contributed by atoms with E-state index in [1.54, 1.807) is 6.07 Å². The molecule has 0 amide bonds. The summed E-state index contributed by atoms with van der Waals surface area (Å²) in [6.45, 7) is 6.83. The molecule has 0 aromatic heterocycles. The summed E-state index contributed by atoms with van der Waals surface area (Å²) < 4.78 is 5.65. The predicted octanol–water partition coefficient (Wildman–Crippen LogP) is 1.94. The van der Waals surface area contributed by atoms with Gasteiger partial charge in [0, 0.05) is 5.56 Å². The molecule has 0 aliphatic rings. The van der Waals surface area contributed by atoms with Crippen LogP contribution in [0.15, 0.2) is 42.5 Å². The van der Waals surface area contributed by atoms with Gasteiger partial charge in [0.05, 0.1) is 11.6 Å². The second-order valence-electron chi connectivity index (χ2n) is 5.62. The molecule has 5 heteroatoms. The van der Waals surface area contributed by atoms with Crippen molar-refractivity contribution in [2.45, 2.75) is 20.8 Å². The van der Waals surface area contributed by atoms with Gasteiger partial charge in [-0.15, -0.1) is 0 Å². The van der Waals surface area contributed by atoms with Gasteiger partial charge in [0.15, 0.2) is 5.52 Å². The van der Waals surface area contributed by atoms with Crippen molar-refractivity contribution in [2.24, 2.45) is 5.92 Å². The van der Waals surface area contributed by atoms with Gasteiger partial charge < -0.3 is 6.16 Å². The maximum absolute atomic E-state index is 12.5. The van der Waals surface area contributed by atoms with Crippen molar-refractivity contribution in [3.8, 4) is 5.75 Å². The molecule has 0 aliphatic heterocycles. The Balaban J connectivity index is 0.00000264. The summed E-state index contributed by atoms with van der Waals surface area (Å²) in [6.07, 6.45) is 0. The number of carbonyl (C=O) groups is 1. The number of ether oxygens (including phenoxy) is 1. The zero-order chi connectivity index (χ0) is 16.1. The minimum Gasteiger partial charge on any atom is -1.00 e. The molecular formula is C18H21ClLiO2P. The van der Waals surface area contributed by atoms with Crippen LogP contribution >= 0.6 is 20.2 Å². The summed E-state index contributed by atoms with van der Waals surface area (Å²) in [7, 11) is 0.0633. The molecule has 0 radical (unpaired) electrons. The summed E-state index contributed by atoms with van der Waals surface area (Å²) in [6, 6.07) is 13.2. The first-order chi connectivity index (χ1) is 10.5. The molecule has 0 aliphatic carbocycles. The van der Waals surface area contributed by atoms with Crippen LogP contribution in [0.3, 0.4) is 0 Å². The van der Waals surface area contributed by atoms with E-state index < -0.39 is 0 Å².